The Balaban J connectivity index is 2.18. The maximum atomic E-state index is 12.1. The van der Waals surface area contributed by atoms with Gasteiger partial charge < -0.3 is 4.90 Å². The summed E-state index contributed by atoms with van der Waals surface area (Å²) in [6, 6.07) is 4.42. The molecule has 1 aliphatic heterocycles. The molecule has 0 unspecified atom stereocenters. The van der Waals surface area contributed by atoms with Crippen LogP contribution in [0.25, 0.3) is 0 Å². The summed E-state index contributed by atoms with van der Waals surface area (Å²) in [5.74, 6) is -1.19. The second-order valence-corrected chi connectivity index (χ2v) is 6.46. The van der Waals surface area contributed by atoms with E-state index in [1.165, 1.54) is 6.07 Å². The predicted molar refractivity (Wildman–Crippen MR) is 94.2 cm³/mol. The average molecular weight is 348 g/mol. The quantitative estimate of drug-likeness (QED) is 0.642. The van der Waals surface area contributed by atoms with Crippen LogP contribution < -0.4 is 15.8 Å². The molecular formula is C17H24N4O4. The number of hydrogen-bond acceptors (Lipinski definition) is 5. The Kier molecular flexibility index (Phi) is 6.32. The number of rotatable bonds is 4. The van der Waals surface area contributed by atoms with Crippen LogP contribution in [0.5, 0.6) is 0 Å². The summed E-state index contributed by atoms with van der Waals surface area (Å²) >= 11 is 0. The van der Waals surface area contributed by atoms with Gasteiger partial charge in [0.25, 0.3) is 11.6 Å². The van der Waals surface area contributed by atoms with Crippen molar-refractivity contribution >= 4 is 23.2 Å². The molecule has 2 N–H and O–H groups in total. The van der Waals surface area contributed by atoms with Gasteiger partial charge in [0.05, 0.1) is 4.92 Å². The van der Waals surface area contributed by atoms with Gasteiger partial charge in [-0.3, -0.25) is 30.6 Å². The van der Waals surface area contributed by atoms with Crippen LogP contribution in [0, 0.1) is 16.0 Å². The molecule has 1 saturated heterocycles. The molecule has 0 saturated carbocycles. The van der Waals surface area contributed by atoms with E-state index in [-0.39, 0.29) is 23.1 Å². The number of hydrazine groups is 1. The van der Waals surface area contributed by atoms with Gasteiger partial charge >= 0.3 is 0 Å². The fourth-order valence-corrected chi connectivity index (χ4v) is 2.72. The number of anilines is 1. The lowest BCUT2D eigenvalue weighted by molar-refractivity contribution is -0.384. The number of carbonyl (C=O) groups excluding carboxylic acids is 2. The van der Waals surface area contributed by atoms with E-state index in [1.54, 1.807) is 26.0 Å². The fourth-order valence-electron chi connectivity index (χ4n) is 2.72. The highest BCUT2D eigenvalue weighted by molar-refractivity contribution is 5.96. The van der Waals surface area contributed by atoms with E-state index >= 15 is 0 Å². The summed E-state index contributed by atoms with van der Waals surface area (Å²) < 4.78 is 0. The lowest BCUT2D eigenvalue weighted by Crippen LogP contribution is -2.43. The molecule has 0 bridgehead atoms. The van der Waals surface area contributed by atoms with E-state index in [0.717, 1.165) is 38.8 Å². The van der Waals surface area contributed by atoms with E-state index < -0.39 is 10.8 Å². The second-order valence-electron chi connectivity index (χ2n) is 6.46. The Morgan fingerprint density at radius 3 is 2.32 bits per heavy atom. The Hall–Kier alpha value is -2.64. The molecule has 2 amide bonds. The lowest BCUT2D eigenvalue weighted by Gasteiger charge is -2.22. The minimum Gasteiger partial charge on any atom is -0.366 e. The molecule has 1 heterocycles. The van der Waals surface area contributed by atoms with Crippen LogP contribution in [0.15, 0.2) is 18.2 Å². The molecule has 8 heteroatoms. The molecule has 1 fully saturated rings. The third-order valence-corrected chi connectivity index (χ3v) is 4.20. The van der Waals surface area contributed by atoms with Crippen LogP contribution in [0.3, 0.4) is 0 Å². The molecular weight excluding hydrogens is 324 g/mol. The minimum absolute atomic E-state index is 0.0928. The molecule has 2 rings (SSSR count). The Morgan fingerprint density at radius 1 is 1.12 bits per heavy atom. The zero-order valence-corrected chi connectivity index (χ0v) is 14.6. The molecule has 0 aliphatic carbocycles. The van der Waals surface area contributed by atoms with Crippen molar-refractivity contribution in [2.45, 2.75) is 39.5 Å². The van der Waals surface area contributed by atoms with Crippen LogP contribution in [0.2, 0.25) is 0 Å². The van der Waals surface area contributed by atoms with Gasteiger partial charge in [0.15, 0.2) is 0 Å². The maximum Gasteiger partial charge on any atom is 0.293 e. The van der Waals surface area contributed by atoms with Gasteiger partial charge in [-0.2, -0.15) is 0 Å². The monoisotopic (exact) mass is 348 g/mol. The minimum atomic E-state index is -0.584. The highest BCUT2D eigenvalue weighted by atomic mass is 16.6. The number of carbonyl (C=O) groups is 2. The maximum absolute atomic E-state index is 12.1. The highest BCUT2D eigenvalue weighted by Gasteiger charge is 2.23. The molecule has 0 radical (unpaired) electrons. The van der Waals surface area contributed by atoms with Gasteiger partial charge in [-0.05, 0) is 25.0 Å². The summed E-state index contributed by atoms with van der Waals surface area (Å²) in [7, 11) is 0. The van der Waals surface area contributed by atoms with Crippen molar-refractivity contribution in [3.63, 3.8) is 0 Å². The Labute approximate surface area is 146 Å². The number of hydrogen-bond donors (Lipinski definition) is 2. The first kappa shape index (κ1) is 18.7. The van der Waals surface area contributed by atoms with E-state index in [1.807, 2.05) is 4.90 Å². The van der Waals surface area contributed by atoms with Crippen LogP contribution in [0.4, 0.5) is 11.4 Å². The summed E-state index contributed by atoms with van der Waals surface area (Å²) in [5.41, 5.74) is 5.15. The first-order valence-corrected chi connectivity index (χ1v) is 8.53. The Bertz CT molecular complexity index is 652. The molecule has 1 aromatic rings. The van der Waals surface area contributed by atoms with Crippen molar-refractivity contribution < 1.29 is 14.5 Å². The predicted octanol–water partition coefficient (Wildman–Crippen LogP) is 2.39. The van der Waals surface area contributed by atoms with Crippen LogP contribution in [0.1, 0.15) is 49.9 Å². The number of amides is 2. The summed E-state index contributed by atoms with van der Waals surface area (Å²) in [6.45, 7) is 4.94. The zero-order chi connectivity index (χ0) is 18.4. The zero-order valence-electron chi connectivity index (χ0n) is 14.6. The third kappa shape index (κ3) is 4.91. The number of nitrogens with zero attached hydrogens (tertiary/aromatic N) is 2. The summed E-state index contributed by atoms with van der Waals surface area (Å²) in [4.78, 5) is 36.6. The van der Waals surface area contributed by atoms with Gasteiger partial charge in [0.1, 0.15) is 5.69 Å². The van der Waals surface area contributed by atoms with Gasteiger partial charge in [-0.25, -0.2) is 0 Å². The van der Waals surface area contributed by atoms with Crippen molar-refractivity contribution in [3.8, 4) is 0 Å². The Morgan fingerprint density at radius 2 is 1.76 bits per heavy atom. The largest absolute Gasteiger partial charge is 0.366 e. The first-order valence-electron chi connectivity index (χ1n) is 8.53. The smallest absolute Gasteiger partial charge is 0.293 e. The molecule has 1 aromatic carbocycles. The molecule has 0 spiro atoms. The average Bonchev–Trinajstić information content (AvgIpc) is 2.87. The molecule has 0 aromatic heterocycles. The van der Waals surface area contributed by atoms with Crippen LogP contribution in [-0.4, -0.2) is 29.8 Å². The number of nitro benzene ring substituents is 1. The molecule has 136 valence electrons. The normalized spacial score (nSPS) is 14.8. The van der Waals surface area contributed by atoms with Crippen LogP contribution in [-0.2, 0) is 4.79 Å². The summed E-state index contributed by atoms with van der Waals surface area (Å²) in [6.07, 6.45) is 4.25. The summed E-state index contributed by atoms with van der Waals surface area (Å²) in [5, 5.41) is 11.5. The van der Waals surface area contributed by atoms with Crippen LogP contribution >= 0.6 is 0 Å². The van der Waals surface area contributed by atoms with Gasteiger partial charge in [-0.15, -0.1) is 0 Å². The topological polar surface area (TPSA) is 105 Å². The first-order chi connectivity index (χ1) is 11.9. The molecule has 1 aliphatic rings. The standard InChI is InChI=1S/C17H24N4O4/c1-12(2)16(22)18-19-17(23)13-7-8-14(15(11-13)21(24)25)20-9-5-3-4-6-10-20/h7-8,11-12H,3-6,9-10H2,1-2H3,(H,18,22)(H,19,23). The van der Waals surface area contributed by atoms with E-state index in [2.05, 4.69) is 10.9 Å². The third-order valence-electron chi connectivity index (χ3n) is 4.20. The van der Waals surface area contributed by atoms with E-state index in [9.17, 15) is 19.7 Å². The number of nitrogens with one attached hydrogen (secondary N) is 2. The number of benzene rings is 1. The van der Waals surface area contributed by atoms with E-state index in [0.29, 0.717) is 5.69 Å². The molecule has 0 atom stereocenters. The molecule has 25 heavy (non-hydrogen) atoms. The second kappa shape index (κ2) is 8.46. The fraction of sp³-hybridized carbons (Fsp3) is 0.529. The van der Waals surface area contributed by atoms with Gasteiger partial charge in [0, 0.05) is 30.6 Å². The van der Waals surface area contributed by atoms with Gasteiger partial charge in [-0.1, -0.05) is 26.7 Å². The van der Waals surface area contributed by atoms with Crippen molar-refractivity contribution in [1.82, 2.24) is 10.9 Å². The number of nitro groups is 1. The lowest BCUT2D eigenvalue weighted by atomic mass is 10.1. The molecule has 8 nitrogen and oxygen atoms in total. The van der Waals surface area contributed by atoms with Crippen molar-refractivity contribution in [3.05, 3.63) is 33.9 Å². The highest BCUT2D eigenvalue weighted by Crippen LogP contribution is 2.31. The van der Waals surface area contributed by atoms with Crippen molar-refractivity contribution in [2.24, 2.45) is 5.92 Å². The SMILES string of the molecule is CC(C)C(=O)NNC(=O)c1ccc(N2CCCCCC2)c([N+](=O)[O-])c1. The van der Waals surface area contributed by atoms with E-state index in [4.69, 9.17) is 0 Å². The van der Waals surface area contributed by atoms with Gasteiger partial charge in [0.2, 0.25) is 5.91 Å². The van der Waals surface area contributed by atoms with Crippen molar-refractivity contribution in [1.29, 1.82) is 0 Å². The van der Waals surface area contributed by atoms with Crippen molar-refractivity contribution in [2.75, 3.05) is 18.0 Å².